The molecule has 0 aromatic heterocycles. The van der Waals surface area contributed by atoms with E-state index in [2.05, 4.69) is 20.9 Å². The maximum absolute atomic E-state index is 11.8. The molecule has 0 saturated carbocycles. The van der Waals surface area contributed by atoms with Crippen molar-refractivity contribution in [1.29, 1.82) is 0 Å². The summed E-state index contributed by atoms with van der Waals surface area (Å²) in [6.07, 6.45) is 0. The van der Waals surface area contributed by atoms with Gasteiger partial charge < -0.3 is 20.7 Å². The lowest BCUT2D eigenvalue weighted by atomic mass is 10.1. The molecule has 1 aromatic carbocycles. The Kier molecular flexibility index (Phi) is 8.62. The van der Waals surface area contributed by atoms with Crippen molar-refractivity contribution in [2.75, 3.05) is 26.7 Å². The molecule has 0 radical (unpaired) electrons. The summed E-state index contributed by atoms with van der Waals surface area (Å²) in [4.78, 5) is 15.8. The van der Waals surface area contributed by atoms with Crippen LogP contribution >= 0.6 is 34.8 Å². The Hall–Kier alpha value is -1.37. The number of aliphatic imine (C=N–C) groups is 1. The zero-order valence-electron chi connectivity index (χ0n) is 14.7. The Labute approximate surface area is 163 Å². The molecule has 1 aromatic rings. The zero-order valence-corrected chi connectivity index (χ0v) is 16.9. The smallest absolute Gasteiger partial charge is 0.239 e. The minimum absolute atomic E-state index is 0.118. The van der Waals surface area contributed by atoms with E-state index < -0.39 is 0 Å². The van der Waals surface area contributed by atoms with Crippen LogP contribution in [0.4, 0.5) is 0 Å². The van der Waals surface area contributed by atoms with Crippen LogP contribution < -0.4 is 20.7 Å². The number of carbonyl (C=O) groups is 1. The van der Waals surface area contributed by atoms with Crippen LogP contribution in [-0.4, -0.2) is 44.1 Å². The molecule has 6 nitrogen and oxygen atoms in total. The summed E-state index contributed by atoms with van der Waals surface area (Å²) >= 11 is 17.9. The summed E-state index contributed by atoms with van der Waals surface area (Å²) in [5.41, 5.74) is -0.277. The topological polar surface area (TPSA) is 74.8 Å². The van der Waals surface area contributed by atoms with E-state index in [-0.39, 0.29) is 18.0 Å². The van der Waals surface area contributed by atoms with Crippen molar-refractivity contribution in [2.45, 2.75) is 26.3 Å². The fraction of sp³-hybridized carbons (Fsp3) is 0.500. The van der Waals surface area contributed by atoms with Gasteiger partial charge in [-0.15, -0.1) is 0 Å². The number of ether oxygens (including phenoxy) is 1. The van der Waals surface area contributed by atoms with Gasteiger partial charge in [-0.1, -0.05) is 34.8 Å². The number of amides is 1. The molecule has 0 atom stereocenters. The molecule has 140 valence electrons. The second kappa shape index (κ2) is 9.94. The van der Waals surface area contributed by atoms with Gasteiger partial charge in [-0.3, -0.25) is 9.79 Å². The van der Waals surface area contributed by atoms with E-state index in [1.807, 2.05) is 20.8 Å². The van der Waals surface area contributed by atoms with Crippen LogP contribution in [-0.2, 0) is 4.79 Å². The molecule has 3 N–H and O–H groups in total. The molecule has 1 rings (SSSR count). The van der Waals surface area contributed by atoms with Gasteiger partial charge in [0.2, 0.25) is 5.91 Å². The maximum Gasteiger partial charge on any atom is 0.239 e. The Morgan fingerprint density at radius 2 is 1.76 bits per heavy atom. The first kappa shape index (κ1) is 21.7. The van der Waals surface area contributed by atoms with Crippen molar-refractivity contribution in [3.63, 3.8) is 0 Å². The number of halogens is 3. The van der Waals surface area contributed by atoms with Crippen molar-refractivity contribution < 1.29 is 9.53 Å². The largest absolute Gasteiger partial charge is 0.489 e. The summed E-state index contributed by atoms with van der Waals surface area (Å²) in [5.74, 6) is 0.745. The van der Waals surface area contributed by atoms with Crippen LogP contribution in [0.25, 0.3) is 0 Å². The van der Waals surface area contributed by atoms with E-state index >= 15 is 0 Å². The molecule has 0 saturated heterocycles. The highest BCUT2D eigenvalue weighted by Crippen LogP contribution is 2.35. The fourth-order valence-corrected chi connectivity index (χ4v) is 2.76. The third-order valence-corrected chi connectivity index (χ3v) is 3.54. The second-order valence-corrected chi connectivity index (χ2v) is 7.45. The lowest BCUT2D eigenvalue weighted by Crippen LogP contribution is -2.48. The second-order valence-electron chi connectivity index (χ2n) is 6.20. The number of nitrogens with zero attached hydrogens (tertiary/aromatic N) is 1. The minimum Gasteiger partial charge on any atom is -0.489 e. The molecular weight excluding hydrogens is 387 g/mol. The molecule has 0 heterocycles. The summed E-state index contributed by atoms with van der Waals surface area (Å²) in [6, 6.07) is 3.12. The Morgan fingerprint density at radius 1 is 1.16 bits per heavy atom. The van der Waals surface area contributed by atoms with Gasteiger partial charge in [-0.2, -0.15) is 0 Å². The first-order chi connectivity index (χ1) is 11.6. The fourth-order valence-electron chi connectivity index (χ4n) is 1.84. The van der Waals surface area contributed by atoms with Gasteiger partial charge in [-0.25, -0.2) is 0 Å². The highest BCUT2D eigenvalue weighted by molar-refractivity contribution is 6.40. The van der Waals surface area contributed by atoms with Crippen LogP contribution in [0.3, 0.4) is 0 Å². The zero-order chi connectivity index (χ0) is 19.0. The van der Waals surface area contributed by atoms with Gasteiger partial charge in [0.15, 0.2) is 11.7 Å². The number of hydrogen-bond donors (Lipinski definition) is 3. The van der Waals surface area contributed by atoms with E-state index in [1.165, 1.54) is 0 Å². The van der Waals surface area contributed by atoms with E-state index in [4.69, 9.17) is 39.5 Å². The van der Waals surface area contributed by atoms with E-state index in [9.17, 15) is 4.79 Å². The average Bonchev–Trinajstić information content (AvgIpc) is 2.46. The number of hydrogen-bond acceptors (Lipinski definition) is 3. The van der Waals surface area contributed by atoms with Gasteiger partial charge >= 0.3 is 0 Å². The van der Waals surface area contributed by atoms with E-state index in [0.717, 1.165) is 0 Å². The Morgan fingerprint density at radius 3 is 2.28 bits per heavy atom. The van der Waals surface area contributed by atoms with E-state index in [0.29, 0.717) is 39.9 Å². The van der Waals surface area contributed by atoms with Crippen LogP contribution in [0.2, 0.25) is 15.1 Å². The summed E-state index contributed by atoms with van der Waals surface area (Å²) in [6.45, 7) is 6.62. The Balaban J connectivity index is 2.38. The number of nitrogens with one attached hydrogen (secondary N) is 3. The standard InChI is InChI=1S/C16H23Cl3N4O2/c1-16(2,3)23-13(24)9-22-15(20-4)21-5-6-25-14-11(18)7-10(17)8-12(14)19/h7-8H,5-6,9H2,1-4H3,(H,23,24)(H2,20,21,22). The van der Waals surface area contributed by atoms with Crippen LogP contribution in [0.5, 0.6) is 5.75 Å². The summed E-state index contributed by atoms with van der Waals surface area (Å²) in [7, 11) is 1.62. The molecular formula is C16H23Cl3N4O2. The number of carbonyl (C=O) groups excluding carboxylic acids is 1. The predicted molar refractivity (Wildman–Crippen MR) is 104 cm³/mol. The quantitative estimate of drug-likeness (QED) is 0.383. The lowest BCUT2D eigenvalue weighted by Gasteiger charge is -2.21. The van der Waals surface area contributed by atoms with Crippen LogP contribution in [0, 0.1) is 0 Å². The van der Waals surface area contributed by atoms with Crippen molar-refractivity contribution in [3.05, 3.63) is 27.2 Å². The van der Waals surface area contributed by atoms with Gasteiger partial charge in [-0.05, 0) is 32.9 Å². The number of guanidine groups is 1. The minimum atomic E-state index is -0.277. The molecule has 0 bridgehead atoms. The average molecular weight is 410 g/mol. The highest BCUT2D eigenvalue weighted by Gasteiger charge is 2.13. The molecule has 1 amide bonds. The molecule has 0 spiro atoms. The first-order valence-electron chi connectivity index (χ1n) is 7.65. The SMILES string of the molecule is CN=C(NCCOc1c(Cl)cc(Cl)cc1Cl)NCC(=O)NC(C)(C)C. The number of rotatable bonds is 6. The molecule has 0 aliphatic rings. The molecule has 0 fully saturated rings. The van der Waals surface area contributed by atoms with E-state index in [1.54, 1.807) is 19.2 Å². The third kappa shape index (κ3) is 8.52. The molecule has 25 heavy (non-hydrogen) atoms. The van der Waals surface area contributed by atoms with Crippen LogP contribution in [0.15, 0.2) is 17.1 Å². The third-order valence-electron chi connectivity index (χ3n) is 2.76. The summed E-state index contributed by atoms with van der Waals surface area (Å²) < 4.78 is 5.56. The molecule has 9 heteroatoms. The predicted octanol–water partition coefficient (Wildman–Crippen LogP) is 3.11. The van der Waals surface area contributed by atoms with Crippen LogP contribution in [0.1, 0.15) is 20.8 Å². The molecule has 0 aliphatic heterocycles. The molecule has 0 aliphatic carbocycles. The van der Waals surface area contributed by atoms with Gasteiger partial charge in [0.05, 0.1) is 23.1 Å². The monoisotopic (exact) mass is 408 g/mol. The van der Waals surface area contributed by atoms with Gasteiger partial charge in [0.1, 0.15) is 6.61 Å². The van der Waals surface area contributed by atoms with Gasteiger partial charge in [0.25, 0.3) is 0 Å². The highest BCUT2D eigenvalue weighted by atomic mass is 35.5. The van der Waals surface area contributed by atoms with Crippen molar-refractivity contribution in [2.24, 2.45) is 4.99 Å². The van der Waals surface area contributed by atoms with Crippen molar-refractivity contribution in [1.82, 2.24) is 16.0 Å². The van der Waals surface area contributed by atoms with Crippen molar-refractivity contribution in [3.8, 4) is 5.75 Å². The normalized spacial score (nSPS) is 11.9. The maximum atomic E-state index is 11.8. The van der Waals surface area contributed by atoms with Crippen molar-refractivity contribution >= 4 is 46.7 Å². The van der Waals surface area contributed by atoms with Gasteiger partial charge in [0, 0.05) is 17.6 Å². The molecule has 0 unspecified atom stereocenters. The lowest BCUT2D eigenvalue weighted by molar-refractivity contribution is -0.121. The first-order valence-corrected chi connectivity index (χ1v) is 8.78. The summed E-state index contributed by atoms with van der Waals surface area (Å²) in [5, 5.41) is 9.94. The number of benzene rings is 1. The Bertz CT molecular complexity index is 607.